The molecule has 0 spiro atoms. The monoisotopic (exact) mass is 500 g/mol. The fourth-order valence-corrected chi connectivity index (χ4v) is 4.21. The number of alkyl halides is 3. The maximum atomic E-state index is 12.9. The average molecular weight is 501 g/mol. The molecule has 5 nitrogen and oxygen atoms in total. The van der Waals surface area contributed by atoms with Gasteiger partial charge in [0.05, 0.1) is 17.5 Å². The van der Waals surface area contributed by atoms with Crippen LogP contribution in [0.3, 0.4) is 0 Å². The number of hydrogen-bond acceptors (Lipinski definition) is 3. The molecule has 2 aromatic carbocycles. The zero-order chi connectivity index (χ0) is 25.8. The van der Waals surface area contributed by atoms with E-state index in [1.54, 1.807) is 12.4 Å². The molecule has 0 atom stereocenters. The van der Waals surface area contributed by atoms with Crippen molar-refractivity contribution in [3.63, 3.8) is 0 Å². The summed E-state index contributed by atoms with van der Waals surface area (Å²) in [5.74, 6) is -0.312. The van der Waals surface area contributed by atoms with Crippen LogP contribution in [-0.4, -0.2) is 20.3 Å². The molecule has 1 amide bonds. The van der Waals surface area contributed by atoms with Gasteiger partial charge in [-0.2, -0.15) is 13.2 Å². The van der Waals surface area contributed by atoms with E-state index in [-0.39, 0.29) is 18.0 Å². The summed E-state index contributed by atoms with van der Waals surface area (Å²) >= 11 is 0. The van der Waals surface area contributed by atoms with Gasteiger partial charge in [0.15, 0.2) is 0 Å². The smallest absolute Gasteiger partial charge is 0.326 e. The highest BCUT2D eigenvalue weighted by Gasteiger charge is 2.30. The summed E-state index contributed by atoms with van der Waals surface area (Å²) in [5, 5.41) is 2.55. The highest BCUT2D eigenvalue weighted by atomic mass is 19.4. The van der Waals surface area contributed by atoms with E-state index < -0.39 is 11.7 Å². The second-order valence-corrected chi connectivity index (χ2v) is 8.70. The molecule has 0 aliphatic heterocycles. The number of hydrogen-bond donors (Lipinski definition) is 1. The molecule has 0 saturated heterocycles. The number of rotatable bonds is 7. The fourth-order valence-electron chi connectivity index (χ4n) is 4.21. The first kappa shape index (κ1) is 24.2. The van der Waals surface area contributed by atoms with E-state index >= 15 is 0 Å². The number of amides is 1. The van der Waals surface area contributed by atoms with Gasteiger partial charge in [0, 0.05) is 36.3 Å². The molecule has 0 unspecified atom stereocenters. The molecule has 8 heteroatoms. The normalized spacial score (nSPS) is 11.5. The molecular formula is C29H23F3N4O. The number of aryl methyl sites for hydroxylation is 1. The number of pyridine rings is 2. The first-order valence-corrected chi connectivity index (χ1v) is 11.8. The summed E-state index contributed by atoms with van der Waals surface area (Å²) in [6, 6.07) is 20.8. The number of fused-ring (bicyclic) bond motifs is 1. The molecule has 5 rings (SSSR count). The van der Waals surface area contributed by atoms with Gasteiger partial charge in [-0.3, -0.25) is 14.2 Å². The SMILES string of the molecule is O=C(CCCc1ccc(-c2cnc3cc(-c4ccncc4)ccn23)cc1)Nc1cccc(C(F)(F)F)c1. The van der Waals surface area contributed by atoms with Crippen molar-refractivity contribution in [2.24, 2.45) is 0 Å². The third kappa shape index (κ3) is 5.69. The van der Waals surface area contributed by atoms with E-state index in [1.165, 1.54) is 12.1 Å². The lowest BCUT2D eigenvalue weighted by Gasteiger charge is -2.10. The predicted molar refractivity (Wildman–Crippen MR) is 137 cm³/mol. The Morgan fingerprint density at radius 3 is 2.43 bits per heavy atom. The van der Waals surface area contributed by atoms with Gasteiger partial charge in [0.1, 0.15) is 5.65 Å². The highest BCUT2D eigenvalue weighted by Crippen LogP contribution is 2.31. The fraction of sp³-hybridized carbons (Fsp3) is 0.138. The number of carbonyl (C=O) groups is 1. The largest absolute Gasteiger partial charge is 0.416 e. The van der Waals surface area contributed by atoms with Crippen LogP contribution in [0.25, 0.3) is 28.0 Å². The number of halogens is 3. The summed E-state index contributed by atoms with van der Waals surface area (Å²) in [6.45, 7) is 0. The first-order valence-electron chi connectivity index (χ1n) is 11.8. The molecule has 0 saturated carbocycles. The second kappa shape index (κ2) is 10.3. The number of anilines is 1. The Morgan fingerprint density at radius 2 is 1.68 bits per heavy atom. The van der Waals surface area contributed by atoms with Crippen molar-refractivity contribution < 1.29 is 18.0 Å². The lowest BCUT2D eigenvalue weighted by atomic mass is 10.0. The van der Waals surface area contributed by atoms with Crippen LogP contribution in [0.15, 0.2) is 97.6 Å². The molecule has 0 radical (unpaired) electrons. The lowest BCUT2D eigenvalue weighted by Crippen LogP contribution is -2.13. The predicted octanol–water partition coefficient (Wildman–Crippen LogP) is 7.04. The lowest BCUT2D eigenvalue weighted by molar-refractivity contribution is -0.137. The van der Waals surface area contributed by atoms with E-state index in [2.05, 4.69) is 15.3 Å². The van der Waals surface area contributed by atoms with Crippen molar-refractivity contribution in [1.29, 1.82) is 0 Å². The van der Waals surface area contributed by atoms with E-state index in [0.29, 0.717) is 12.8 Å². The Morgan fingerprint density at radius 1 is 0.892 bits per heavy atom. The van der Waals surface area contributed by atoms with Gasteiger partial charge in [-0.15, -0.1) is 0 Å². The zero-order valence-electron chi connectivity index (χ0n) is 19.7. The van der Waals surface area contributed by atoms with E-state index in [9.17, 15) is 18.0 Å². The van der Waals surface area contributed by atoms with Crippen molar-refractivity contribution >= 4 is 17.2 Å². The van der Waals surface area contributed by atoms with Gasteiger partial charge in [-0.1, -0.05) is 30.3 Å². The van der Waals surface area contributed by atoms with E-state index in [1.807, 2.05) is 65.3 Å². The second-order valence-electron chi connectivity index (χ2n) is 8.70. The Labute approximate surface area is 211 Å². The van der Waals surface area contributed by atoms with Crippen LogP contribution in [0.2, 0.25) is 0 Å². The van der Waals surface area contributed by atoms with Crippen molar-refractivity contribution in [2.45, 2.75) is 25.4 Å². The number of nitrogens with zero attached hydrogens (tertiary/aromatic N) is 3. The summed E-state index contributed by atoms with van der Waals surface area (Å²) < 4.78 is 40.6. The molecule has 0 aliphatic carbocycles. The van der Waals surface area contributed by atoms with Gasteiger partial charge in [-0.25, -0.2) is 4.98 Å². The van der Waals surface area contributed by atoms with Crippen LogP contribution in [0, 0.1) is 0 Å². The summed E-state index contributed by atoms with van der Waals surface area (Å²) in [4.78, 5) is 20.8. The third-order valence-corrected chi connectivity index (χ3v) is 6.12. The van der Waals surface area contributed by atoms with Crippen molar-refractivity contribution in [1.82, 2.24) is 14.4 Å². The molecule has 0 fully saturated rings. The van der Waals surface area contributed by atoms with E-state index in [0.717, 1.165) is 45.7 Å². The van der Waals surface area contributed by atoms with Crippen LogP contribution in [0.4, 0.5) is 18.9 Å². The Balaban J connectivity index is 1.19. The molecule has 186 valence electrons. The van der Waals surface area contributed by atoms with Gasteiger partial charge >= 0.3 is 6.18 Å². The van der Waals surface area contributed by atoms with Crippen LogP contribution >= 0.6 is 0 Å². The zero-order valence-corrected chi connectivity index (χ0v) is 19.7. The van der Waals surface area contributed by atoms with Crippen molar-refractivity contribution in [2.75, 3.05) is 5.32 Å². The van der Waals surface area contributed by atoms with Gasteiger partial charge in [-0.05, 0) is 72.0 Å². The Hall–Kier alpha value is -4.46. The maximum Gasteiger partial charge on any atom is 0.416 e. The summed E-state index contributed by atoms with van der Waals surface area (Å²) in [7, 11) is 0. The molecular weight excluding hydrogens is 477 g/mol. The van der Waals surface area contributed by atoms with Gasteiger partial charge in [0.2, 0.25) is 5.91 Å². The van der Waals surface area contributed by atoms with Gasteiger partial charge < -0.3 is 5.32 Å². The minimum absolute atomic E-state index is 0.144. The molecule has 1 N–H and O–H groups in total. The minimum atomic E-state index is -4.45. The third-order valence-electron chi connectivity index (χ3n) is 6.12. The van der Waals surface area contributed by atoms with E-state index in [4.69, 9.17) is 0 Å². The van der Waals surface area contributed by atoms with Crippen LogP contribution < -0.4 is 5.32 Å². The molecule has 5 aromatic rings. The van der Waals surface area contributed by atoms with Crippen LogP contribution in [0.5, 0.6) is 0 Å². The standard InChI is InChI=1S/C29H23F3N4O/c30-29(31,32)24-4-2-5-25(18-24)35-28(37)6-1-3-20-7-9-22(10-8-20)26-19-34-27-17-23(13-16-36(26)27)21-11-14-33-15-12-21/h2,4-5,7-19H,1,3,6H2,(H,35,37). The maximum absolute atomic E-state index is 12.9. The molecule has 3 aromatic heterocycles. The first-order chi connectivity index (χ1) is 17.9. The van der Waals surface area contributed by atoms with Crippen LogP contribution in [-0.2, 0) is 17.4 Å². The van der Waals surface area contributed by atoms with Crippen molar-refractivity contribution in [3.8, 4) is 22.4 Å². The summed E-state index contributed by atoms with van der Waals surface area (Å²) in [5.41, 5.74) is 5.42. The Kier molecular flexibility index (Phi) is 6.72. The molecule has 0 bridgehead atoms. The number of carbonyl (C=O) groups excluding carboxylic acids is 1. The number of nitrogens with one attached hydrogen (secondary N) is 1. The Bertz CT molecular complexity index is 1530. The topological polar surface area (TPSA) is 59.3 Å². The van der Waals surface area contributed by atoms with Gasteiger partial charge in [0.25, 0.3) is 0 Å². The quantitative estimate of drug-likeness (QED) is 0.261. The highest BCUT2D eigenvalue weighted by molar-refractivity contribution is 5.90. The molecule has 3 heterocycles. The average Bonchev–Trinajstić information content (AvgIpc) is 3.33. The van der Waals surface area contributed by atoms with Crippen LogP contribution in [0.1, 0.15) is 24.0 Å². The minimum Gasteiger partial charge on any atom is -0.326 e. The summed E-state index contributed by atoms with van der Waals surface area (Å²) in [6.07, 6.45) is 4.41. The molecule has 37 heavy (non-hydrogen) atoms. The van der Waals surface area contributed by atoms with Crippen molar-refractivity contribution in [3.05, 3.63) is 109 Å². The number of aromatic nitrogens is 3. The molecule has 0 aliphatic rings. The number of imidazole rings is 1. The number of benzene rings is 2.